The molecule has 132 valence electrons. The Morgan fingerprint density at radius 2 is 1.78 bits per heavy atom. The summed E-state index contributed by atoms with van der Waals surface area (Å²) in [5.74, 6) is 0. The molecule has 2 amide bonds. The second-order valence-corrected chi connectivity index (χ2v) is 6.61. The van der Waals surface area contributed by atoms with Crippen LogP contribution in [0.4, 0.5) is 4.79 Å². The maximum Gasteiger partial charge on any atom is 0.317 e. The van der Waals surface area contributed by atoms with Crippen molar-refractivity contribution < 1.29 is 14.3 Å². The number of amides is 2. The van der Waals surface area contributed by atoms with E-state index in [0.717, 1.165) is 78.7 Å². The molecule has 3 aliphatic heterocycles. The molecule has 1 N–H and O–H groups in total. The van der Waals surface area contributed by atoms with Crippen LogP contribution in [0.1, 0.15) is 12.8 Å². The zero-order valence-electron chi connectivity index (χ0n) is 14.0. The maximum absolute atomic E-state index is 12.2. The molecule has 23 heavy (non-hydrogen) atoms. The molecule has 3 rings (SSSR count). The Morgan fingerprint density at radius 3 is 2.48 bits per heavy atom. The molecule has 0 spiro atoms. The van der Waals surface area contributed by atoms with Crippen molar-refractivity contribution in [2.75, 3.05) is 78.7 Å². The van der Waals surface area contributed by atoms with Gasteiger partial charge >= 0.3 is 6.03 Å². The van der Waals surface area contributed by atoms with Gasteiger partial charge < -0.3 is 19.7 Å². The standard InChI is InChI=1S/C16H30N4O3/c21-16(17-3-4-18-9-12-22-13-10-18)20-7-5-19(6-8-20)14-15-2-1-11-23-15/h15H,1-14H2,(H,17,21). The van der Waals surface area contributed by atoms with Crippen LogP contribution in [0.5, 0.6) is 0 Å². The predicted octanol–water partition coefficient (Wildman–Crippen LogP) is -0.175. The zero-order valence-corrected chi connectivity index (χ0v) is 14.0. The molecular weight excluding hydrogens is 296 g/mol. The van der Waals surface area contributed by atoms with E-state index in [0.29, 0.717) is 6.10 Å². The van der Waals surface area contributed by atoms with Gasteiger partial charge in [0.2, 0.25) is 0 Å². The van der Waals surface area contributed by atoms with Crippen LogP contribution in [0.15, 0.2) is 0 Å². The van der Waals surface area contributed by atoms with Gasteiger partial charge in [-0.2, -0.15) is 0 Å². The highest BCUT2D eigenvalue weighted by Crippen LogP contribution is 2.14. The van der Waals surface area contributed by atoms with E-state index >= 15 is 0 Å². The van der Waals surface area contributed by atoms with Crippen molar-refractivity contribution in [2.45, 2.75) is 18.9 Å². The highest BCUT2D eigenvalue weighted by molar-refractivity contribution is 5.74. The van der Waals surface area contributed by atoms with E-state index in [2.05, 4.69) is 15.1 Å². The van der Waals surface area contributed by atoms with Gasteiger partial charge in [0.1, 0.15) is 0 Å². The molecule has 0 aromatic heterocycles. The fourth-order valence-corrected chi connectivity index (χ4v) is 3.47. The Kier molecular flexibility index (Phi) is 6.50. The Bertz CT molecular complexity index is 362. The lowest BCUT2D eigenvalue weighted by Gasteiger charge is -2.35. The third-order valence-electron chi connectivity index (χ3n) is 4.95. The van der Waals surface area contributed by atoms with Gasteiger partial charge in [-0.25, -0.2) is 4.79 Å². The number of piperazine rings is 1. The summed E-state index contributed by atoms with van der Waals surface area (Å²) in [5, 5.41) is 3.05. The average molecular weight is 326 g/mol. The van der Waals surface area contributed by atoms with E-state index in [4.69, 9.17) is 9.47 Å². The van der Waals surface area contributed by atoms with Gasteiger partial charge in [0.15, 0.2) is 0 Å². The average Bonchev–Trinajstić information content (AvgIpc) is 3.09. The summed E-state index contributed by atoms with van der Waals surface area (Å²) in [5.41, 5.74) is 0. The molecule has 3 heterocycles. The van der Waals surface area contributed by atoms with Crippen molar-refractivity contribution >= 4 is 6.03 Å². The SMILES string of the molecule is O=C(NCCN1CCOCC1)N1CCN(CC2CCCO2)CC1. The number of carbonyl (C=O) groups excluding carboxylic acids is 1. The second-order valence-electron chi connectivity index (χ2n) is 6.61. The van der Waals surface area contributed by atoms with E-state index in [1.54, 1.807) is 0 Å². The van der Waals surface area contributed by atoms with E-state index in [9.17, 15) is 4.79 Å². The summed E-state index contributed by atoms with van der Waals surface area (Å²) in [6, 6.07) is 0.0787. The lowest BCUT2D eigenvalue weighted by molar-refractivity contribution is 0.0382. The molecule has 0 bridgehead atoms. The Balaban J connectivity index is 1.28. The van der Waals surface area contributed by atoms with Crippen LogP contribution in [0.3, 0.4) is 0 Å². The zero-order chi connectivity index (χ0) is 15.9. The molecular formula is C16H30N4O3. The molecule has 3 fully saturated rings. The van der Waals surface area contributed by atoms with Gasteiger partial charge in [-0.3, -0.25) is 9.80 Å². The van der Waals surface area contributed by atoms with Crippen LogP contribution in [-0.4, -0.2) is 106 Å². The number of ether oxygens (including phenoxy) is 2. The predicted molar refractivity (Wildman–Crippen MR) is 87.6 cm³/mol. The summed E-state index contributed by atoms with van der Waals surface area (Å²) in [6.45, 7) is 10.7. The molecule has 0 radical (unpaired) electrons. The first-order valence-electron chi connectivity index (χ1n) is 8.98. The minimum absolute atomic E-state index is 0.0787. The number of urea groups is 1. The molecule has 0 aromatic rings. The van der Waals surface area contributed by atoms with Crippen molar-refractivity contribution in [3.8, 4) is 0 Å². The summed E-state index contributed by atoms with van der Waals surface area (Å²) in [7, 11) is 0. The van der Waals surface area contributed by atoms with Crippen LogP contribution < -0.4 is 5.32 Å². The fourth-order valence-electron chi connectivity index (χ4n) is 3.47. The van der Waals surface area contributed by atoms with Gasteiger partial charge in [0.25, 0.3) is 0 Å². The van der Waals surface area contributed by atoms with Crippen LogP contribution >= 0.6 is 0 Å². The molecule has 3 saturated heterocycles. The van der Waals surface area contributed by atoms with Crippen molar-refractivity contribution in [1.82, 2.24) is 20.0 Å². The molecule has 1 atom stereocenters. The van der Waals surface area contributed by atoms with Gasteiger partial charge in [0.05, 0.1) is 19.3 Å². The molecule has 7 heteroatoms. The van der Waals surface area contributed by atoms with E-state index in [1.165, 1.54) is 12.8 Å². The highest BCUT2D eigenvalue weighted by atomic mass is 16.5. The lowest BCUT2D eigenvalue weighted by Crippen LogP contribution is -2.53. The van der Waals surface area contributed by atoms with Crippen LogP contribution in [0.25, 0.3) is 0 Å². The van der Waals surface area contributed by atoms with E-state index in [-0.39, 0.29) is 6.03 Å². The summed E-state index contributed by atoms with van der Waals surface area (Å²) in [6.07, 6.45) is 2.78. The number of nitrogens with zero attached hydrogens (tertiary/aromatic N) is 3. The number of morpholine rings is 1. The van der Waals surface area contributed by atoms with Gasteiger partial charge in [0, 0.05) is 65.5 Å². The topological polar surface area (TPSA) is 57.3 Å². The van der Waals surface area contributed by atoms with Crippen molar-refractivity contribution in [3.63, 3.8) is 0 Å². The third-order valence-corrected chi connectivity index (χ3v) is 4.95. The normalized spacial score (nSPS) is 27.3. The Hall–Kier alpha value is -0.890. The van der Waals surface area contributed by atoms with Crippen LogP contribution in [0, 0.1) is 0 Å². The largest absolute Gasteiger partial charge is 0.379 e. The molecule has 7 nitrogen and oxygen atoms in total. The number of nitrogens with one attached hydrogen (secondary N) is 1. The quantitative estimate of drug-likeness (QED) is 0.760. The minimum atomic E-state index is 0.0787. The second kappa shape index (κ2) is 8.82. The van der Waals surface area contributed by atoms with Crippen LogP contribution in [0.2, 0.25) is 0 Å². The van der Waals surface area contributed by atoms with Gasteiger partial charge in [-0.05, 0) is 12.8 Å². The lowest BCUT2D eigenvalue weighted by atomic mass is 10.2. The van der Waals surface area contributed by atoms with Gasteiger partial charge in [-0.1, -0.05) is 0 Å². The summed E-state index contributed by atoms with van der Waals surface area (Å²) >= 11 is 0. The number of rotatable bonds is 5. The molecule has 0 aromatic carbocycles. The monoisotopic (exact) mass is 326 g/mol. The third kappa shape index (κ3) is 5.31. The molecule has 3 aliphatic rings. The molecule has 0 saturated carbocycles. The molecule has 1 unspecified atom stereocenters. The highest BCUT2D eigenvalue weighted by Gasteiger charge is 2.24. The number of carbonyl (C=O) groups is 1. The van der Waals surface area contributed by atoms with E-state index < -0.39 is 0 Å². The first kappa shape index (κ1) is 17.0. The first-order valence-corrected chi connectivity index (χ1v) is 8.98. The Labute approximate surface area is 138 Å². The van der Waals surface area contributed by atoms with E-state index in [1.807, 2.05) is 4.90 Å². The smallest absolute Gasteiger partial charge is 0.317 e. The van der Waals surface area contributed by atoms with Crippen molar-refractivity contribution in [2.24, 2.45) is 0 Å². The minimum Gasteiger partial charge on any atom is -0.379 e. The maximum atomic E-state index is 12.2. The van der Waals surface area contributed by atoms with Crippen molar-refractivity contribution in [1.29, 1.82) is 0 Å². The fraction of sp³-hybridized carbons (Fsp3) is 0.938. The number of hydrogen-bond donors (Lipinski definition) is 1. The van der Waals surface area contributed by atoms with Crippen LogP contribution in [-0.2, 0) is 9.47 Å². The Morgan fingerprint density at radius 1 is 1.00 bits per heavy atom. The molecule has 0 aliphatic carbocycles. The summed E-state index contributed by atoms with van der Waals surface area (Å²) in [4.78, 5) is 18.9. The summed E-state index contributed by atoms with van der Waals surface area (Å²) < 4.78 is 11.0. The first-order chi connectivity index (χ1) is 11.3. The van der Waals surface area contributed by atoms with Gasteiger partial charge in [-0.15, -0.1) is 0 Å². The number of hydrogen-bond acceptors (Lipinski definition) is 5. The van der Waals surface area contributed by atoms with Crippen molar-refractivity contribution in [3.05, 3.63) is 0 Å².